The van der Waals surface area contributed by atoms with Crippen LogP contribution in [-0.2, 0) is 4.79 Å². The van der Waals surface area contributed by atoms with Gasteiger partial charge in [0.1, 0.15) is 6.10 Å². The molecule has 0 amide bonds. The topological polar surface area (TPSA) is 77.8 Å². The predicted octanol–water partition coefficient (Wildman–Crippen LogP) is 1.99. The van der Waals surface area contributed by atoms with Gasteiger partial charge >= 0.3 is 0 Å². The van der Waals surface area contributed by atoms with Gasteiger partial charge in [-0.15, -0.1) is 0 Å². The number of hydrogen-bond acceptors (Lipinski definition) is 4. The number of fused-ring (bicyclic) bond motifs is 5. The third-order valence-electron chi connectivity index (χ3n) is 8.22. The van der Waals surface area contributed by atoms with E-state index in [1.54, 1.807) is 6.08 Å². The van der Waals surface area contributed by atoms with E-state index in [9.17, 15) is 20.1 Å². The Hall–Kier alpha value is -0.970. The zero-order valence-corrected chi connectivity index (χ0v) is 14.7. The first-order valence-corrected chi connectivity index (χ1v) is 9.16. The molecular formula is C20H28O4. The number of aliphatic hydroxyl groups is 3. The van der Waals surface area contributed by atoms with Gasteiger partial charge in [-0.05, 0) is 73.5 Å². The van der Waals surface area contributed by atoms with Gasteiger partial charge in [0.05, 0.1) is 11.7 Å². The molecule has 0 bridgehead atoms. The molecule has 24 heavy (non-hydrogen) atoms. The van der Waals surface area contributed by atoms with Crippen molar-refractivity contribution in [2.75, 3.05) is 0 Å². The summed E-state index contributed by atoms with van der Waals surface area (Å²) in [4.78, 5) is 11.8. The van der Waals surface area contributed by atoms with Crippen LogP contribution < -0.4 is 0 Å². The average molecular weight is 332 g/mol. The number of hydrogen-bond donors (Lipinski definition) is 3. The standard InChI is InChI=1S/C20H28O4/c1-18-7-4-11(21)10-14(18)16(22)17(23)15-12(18)5-8-19(2)13(15)6-9-20(19,3)24/h4,7,10,12-13,15-17,22-24H,5-6,8-9H2,1-3H3/t12-,13-,15+,16-,17+,18+,19-,20-/m0/s1. The van der Waals surface area contributed by atoms with Crippen LogP contribution in [0.2, 0.25) is 0 Å². The van der Waals surface area contributed by atoms with Crippen molar-refractivity contribution in [3.63, 3.8) is 0 Å². The smallest absolute Gasteiger partial charge is 0.178 e. The second-order valence-corrected chi connectivity index (χ2v) is 9.11. The molecule has 0 heterocycles. The summed E-state index contributed by atoms with van der Waals surface area (Å²) in [6.07, 6.45) is 6.62. The molecule has 0 spiro atoms. The molecule has 4 rings (SSSR count). The van der Waals surface area contributed by atoms with Crippen LogP contribution >= 0.6 is 0 Å². The Morgan fingerprint density at radius 1 is 1.08 bits per heavy atom. The van der Waals surface area contributed by atoms with Crippen LogP contribution in [0.5, 0.6) is 0 Å². The summed E-state index contributed by atoms with van der Waals surface area (Å²) in [7, 11) is 0. The Morgan fingerprint density at radius 3 is 2.46 bits per heavy atom. The van der Waals surface area contributed by atoms with Crippen molar-refractivity contribution in [2.45, 2.75) is 64.3 Å². The quantitative estimate of drug-likeness (QED) is 0.634. The van der Waals surface area contributed by atoms with E-state index in [0.717, 1.165) is 25.7 Å². The van der Waals surface area contributed by atoms with Crippen molar-refractivity contribution in [3.05, 3.63) is 23.8 Å². The molecule has 3 N–H and O–H groups in total. The minimum atomic E-state index is -1.00. The molecule has 4 aliphatic rings. The molecule has 3 saturated carbocycles. The van der Waals surface area contributed by atoms with Crippen LogP contribution in [0.15, 0.2) is 23.8 Å². The van der Waals surface area contributed by atoms with Gasteiger partial charge in [-0.25, -0.2) is 0 Å². The fourth-order valence-electron chi connectivity index (χ4n) is 6.46. The van der Waals surface area contributed by atoms with Crippen LogP contribution in [0.4, 0.5) is 0 Å². The molecular weight excluding hydrogens is 304 g/mol. The van der Waals surface area contributed by atoms with Crippen molar-refractivity contribution in [1.29, 1.82) is 0 Å². The van der Waals surface area contributed by atoms with Gasteiger partial charge in [0.25, 0.3) is 0 Å². The fourth-order valence-corrected chi connectivity index (χ4v) is 6.46. The Labute approximate surface area is 143 Å². The first kappa shape index (κ1) is 16.5. The third kappa shape index (κ3) is 1.82. The highest BCUT2D eigenvalue weighted by Crippen LogP contribution is 2.66. The van der Waals surface area contributed by atoms with Crippen molar-refractivity contribution in [2.24, 2.45) is 28.6 Å². The van der Waals surface area contributed by atoms with E-state index >= 15 is 0 Å². The van der Waals surface area contributed by atoms with Gasteiger partial charge in [0, 0.05) is 5.41 Å². The van der Waals surface area contributed by atoms with Crippen molar-refractivity contribution in [1.82, 2.24) is 0 Å². The summed E-state index contributed by atoms with van der Waals surface area (Å²) in [6.45, 7) is 6.16. The maximum absolute atomic E-state index is 11.8. The van der Waals surface area contributed by atoms with Gasteiger partial charge in [-0.3, -0.25) is 4.79 Å². The molecule has 4 heteroatoms. The summed E-state index contributed by atoms with van der Waals surface area (Å²) in [5.74, 6) is 0.225. The normalized spacial score (nSPS) is 56.3. The van der Waals surface area contributed by atoms with Crippen LogP contribution in [0, 0.1) is 28.6 Å². The number of rotatable bonds is 0. The average Bonchev–Trinajstić information content (AvgIpc) is 2.77. The summed E-state index contributed by atoms with van der Waals surface area (Å²) >= 11 is 0. The van der Waals surface area contributed by atoms with Gasteiger partial charge < -0.3 is 15.3 Å². The highest BCUT2D eigenvalue weighted by molar-refractivity contribution is 6.01. The fraction of sp³-hybridized carbons (Fsp3) is 0.750. The Balaban J connectivity index is 1.80. The molecule has 0 radical (unpaired) electrons. The van der Waals surface area contributed by atoms with Crippen molar-refractivity contribution < 1.29 is 20.1 Å². The lowest BCUT2D eigenvalue weighted by atomic mass is 9.46. The molecule has 0 aromatic heterocycles. The summed E-state index contributed by atoms with van der Waals surface area (Å²) < 4.78 is 0. The molecule has 4 nitrogen and oxygen atoms in total. The minimum Gasteiger partial charge on any atom is -0.390 e. The number of carbonyl (C=O) groups is 1. The highest BCUT2D eigenvalue weighted by Gasteiger charge is 2.65. The van der Waals surface area contributed by atoms with E-state index in [0.29, 0.717) is 5.57 Å². The Bertz CT molecular complexity index is 648. The maximum Gasteiger partial charge on any atom is 0.178 e. The van der Waals surface area contributed by atoms with Crippen molar-refractivity contribution in [3.8, 4) is 0 Å². The second kappa shape index (κ2) is 4.80. The second-order valence-electron chi connectivity index (χ2n) is 9.11. The van der Waals surface area contributed by atoms with E-state index in [-0.39, 0.29) is 34.4 Å². The molecule has 0 unspecified atom stereocenters. The van der Waals surface area contributed by atoms with Crippen LogP contribution in [0.3, 0.4) is 0 Å². The molecule has 0 aliphatic heterocycles. The first-order chi connectivity index (χ1) is 11.1. The van der Waals surface area contributed by atoms with Gasteiger partial charge in [-0.1, -0.05) is 19.9 Å². The highest BCUT2D eigenvalue weighted by atomic mass is 16.3. The van der Waals surface area contributed by atoms with Gasteiger partial charge in [0.2, 0.25) is 0 Å². The lowest BCUT2D eigenvalue weighted by Gasteiger charge is -2.60. The van der Waals surface area contributed by atoms with Crippen LogP contribution in [0.25, 0.3) is 0 Å². The largest absolute Gasteiger partial charge is 0.390 e. The van der Waals surface area contributed by atoms with Crippen LogP contribution in [0.1, 0.15) is 46.5 Å². The predicted molar refractivity (Wildman–Crippen MR) is 90.0 cm³/mol. The SMILES string of the molecule is C[C@]12C=CC(=O)C=C1[C@H](O)[C@H](O)[C@@H]1[C@@H]2CC[C@@]2(C)[C@H]1CC[C@]2(C)O. The number of ketones is 1. The number of allylic oxidation sites excluding steroid dienone is 3. The number of carbonyl (C=O) groups excluding carboxylic acids is 1. The third-order valence-corrected chi connectivity index (χ3v) is 8.22. The zero-order valence-electron chi connectivity index (χ0n) is 14.7. The van der Waals surface area contributed by atoms with E-state index < -0.39 is 17.8 Å². The Kier molecular flexibility index (Phi) is 3.30. The van der Waals surface area contributed by atoms with E-state index in [2.05, 4.69) is 13.8 Å². The monoisotopic (exact) mass is 332 g/mol. The first-order valence-electron chi connectivity index (χ1n) is 9.16. The lowest BCUT2D eigenvalue weighted by molar-refractivity contribution is -0.161. The van der Waals surface area contributed by atoms with Gasteiger partial charge in [-0.2, -0.15) is 0 Å². The van der Waals surface area contributed by atoms with Crippen LogP contribution in [-0.4, -0.2) is 38.9 Å². The molecule has 0 aromatic rings. The lowest BCUT2D eigenvalue weighted by Crippen LogP contribution is -2.61. The number of aliphatic hydroxyl groups excluding tert-OH is 2. The molecule has 3 fully saturated rings. The molecule has 0 aromatic carbocycles. The molecule has 0 saturated heterocycles. The summed E-state index contributed by atoms with van der Waals surface area (Å²) in [5.41, 5.74) is -0.659. The Morgan fingerprint density at radius 2 is 1.75 bits per heavy atom. The summed E-state index contributed by atoms with van der Waals surface area (Å²) in [5, 5.41) is 32.6. The molecule has 8 atom stereocenters. The van der Waals surface area contributed by atoms with Crippen molar-refractivity contribution >= 4 is 5.78 Å². The minimum absolute atomic E-state index is 0.0484. The van der Waals surface area contributed by atoms with E-state index in [1.807, 2.05) is 13.0 Å². The van der Waals surface area contributed by atoms with Gasteiger partial charge in [0.15, 0.2) is 5.78 Å². The van der Waals surface area contributed by atoms with E-state index in [4.69, 9.17) is 0 Å². The molecule has 4 aliphatic carbocycles. The molecule has 132 valence electrons. The maximum atomic E-state index is 11.8. The zero-order chi connectivity index (χ0) is 17.5. The summed E-state index contributed by atoms with van der Waals surface area (Å²) in [6, 6.07) is 0. The van der Waals surface area contributed by atoms with E-state index in [1.165, 1.54) is 6.08 Å².